The standard InChI is InChI=1S/C19H22N2O/c1-2-8-19-20-16(14-9-4-3-5-10-14)13-17(21-19)15-11-6-7-12-18(15)22/h3-7,9-12,17,19,21-22H,2,8,13H2,1H3/t17-,19-/m1/s1. The highest BCUT2D eigenvalue weighted by atomic mass is 16.3. The minimum Gasteiger partial charge on any atom is -0.508 e. The number of aromatic hydroxyl groups is 1. The normalized spacial score (nSPS) is 21.4. The molecule has 0 aliphatic carbocycles. The van der Waals surface area contributed by atoms with E-state index in [1.807, 2.05) is 36.4 Å². The second-order valence-corrected chi connectivity index (χ2v) is 5.73. The zero-order chi connectivity index (χ0) is 15.4. The lowest BCUT2D eigenvalue weighted by molar-refractivity contribution is 0.391. The second kappa shape index (κ2) is 6.75. The van der Waals surface area contributed by atoms with Crippen molar-refractivity contribution >= 4 is 5.71 Å². The van der Waals surface area contributed by atoms with Gasteiger partial charge in [0.2, 0.25) is 0 Å². The van der Waals surface area contributed by atoms with Crippen molar-refractivity contribution in [2.45, 2.75) is 38.4 Å². The van der Waals surface area contributed by atoms with Crippen LogP contribution in [-0.4, -0.2) is 17.0 Å². The van der Waals surface area contributed by atoms with Crippen LogP contribution in [0.25, 0.3) is 0 Å². The van der Waals surface area contributed by atoms with Crippen LogP contribution >= 0.6 is 0 Å². The molecule has 3 nitrogen and oxygen atoms in total. The topological polar surface area (TPSA) is 44.6 Å². The van der Waals surface area contributed by atoms with Gasteiger partial charge in [-0.25, -0.2) is 0 Å². The van der Waals surface area contributed by atoms with Crippen LogP contribution in [0.2, 0.25) is 0 Å². The summed E-state index contributed by atoms with van der Waals surface area (Å²) in [5.74, 6) is 0.351. The fourth-order valence-corrected chi connectivity index (χ4v) is 2.99. The van der Waals surface area contributed by atoms with Gasteiger partial charge in [0.05, 0.1) is 0 Å². The Balaban J connectivity index is 1.92. The molecular weight excluding hydrogens is 272 g/mol. The number of nitrogens with one attached hydrogen (secondary N) is 1. The number of hydrogen-bond donors (Lipinski definition) is 2. The van der Waals surface area contributed by atoms with E-state index in [-0.39, 0.29) is 12.2 Å². The van der Waals surface area contributed by atoms with Crippen molar-refractivity contribution in [3.8, 4) is 5.75 Å². The first-order valence-electron chi connectivity index (χ1n) is 7.94. The molecule has 1 heterocycles. The van der Waals surface area contributed by atoms with Gasteiger partial charge in [-0.15, -0.1) is 0 Å². The van der Waals surface area contributed by atoms with E-state index in [2.05, 4.69) is 24.4 Å². The Labute approximate surface area is 131 Å². The largest absolute Gasteiger partial charge is 0.508 e. The fourth-order valence-electron chi connectivity index (χ4n) is 2.99. The molecule has 0 aromatic heterocycles. The summed E-state index contributed by atoms with van der Waals surface area (Å²) in [6.07, 6.45) is 2.98. The van der Waals surface area contributed by atoms with Crippen molar-refractivity contribution in [1.82, 2.24) is 5.32 Å². The molecule has 0 spiro atoms. The maximum atomic E-state index is 10.2. The molecule has 1 aliphatic rings. The molecule has 2 atom stereocenters. The van der Waals surface area contributed by atoms with Gasteiger partial charge in [-0.3, -0.25) is 10.3 Å². The van der Waals surface area contributed by atoms with Crippen LogP contribution in [0.15, 0.2) is 59.6 Å². The highest BCUT2D eigenvalue weighted by molar-refractivity contribution is 6.01. The summed E-state index contributed by atoms with van der Waals surface area (Å²) in [6, 6.07) is 18.0. The molecule has 0 radical (unpaired) electrons. The molecule has 2 aromatic carbocycles. The molecule has 0 unspecified atom stereocenters. The molecule has 3 rings (SSSR count). The van der Waals surface area contributed by atoms with Gasteiger partial charge in [-0.2, -0.15) is 0 Å². The number of rotatable bonds is 4. The van der Waals surface area contributed by atoms with Crippen LogP contribution in [0, 0.1) is 0 Å². The van der Waals surface area contributed by atoms with Crippen molar-refractivity contribution in [2.75, 3.05) is 0 Å². The van der Waals surface area contributed by atoms with Crippen LogP contribution in [-0.2, 0) is 0 Å². The summed E-state index contributed by atoms with van der Waals surface area (Å²) in [5.41, 5.74) is 3.24. The summed E-state index contributed by atoms with van der Waals surface area (Å²) in [6.45, 7) is 2.17. The molecule has 1 aliphatic heterocycles. The van der Waals surface area contributed by atoms with E-state index in [4.69, 9.17) is 4.99 Å². The van der Waals surface area contributed by atoms with Crippen molar-refractivity contribution in [3.63, 3.8) is 0 Å². The molecular formula is C19H22N2O. The quantitative estimate of drug-likeness (QED) is 0.893. The van der Waals surface area contributed by atoms with Crippen LogP contribution in [0.1, 0.15) is 43.4 Å². The van der Waals surface area contributed by atoms with Gasteiger partial charge < -0.3 is 5.11 Å². The monoisotopic (exact) mass is 294 g/mol. The Hall–Kier alpha value is -2.13. The fraction of sp³-hybridized carbons (Fsp3) is 0.316. The number of phenols is 1. The van der Waals surface area contributed by atoms with E-state index < -0.39 is 0 Å². The third-order valence-electron chi connectivity index (χ3n) is 4.08. The maximum absolute atomic E-state index is 10.2. The lowest BCUT2D eigenvalue weighted by Gasteiger charge is -2.30. The molecule has 0 bridgehead atoms. The van der Waals surface area contributed by atoms with Crippen LogP contribution < -0.4 is 5.32 Å². The van der Waals surface area contributed by atoms with Gasteiger partial charge in [-0.05, 0) is 18.1 Å². The first-order valence-corrected chi connectivity index (χ1v) is 7.94. The first-order chi connectivity index (χ1) is 10.8. The van der Waals surface area contributed by atoms with Crippen molar-refractivity contribution < 1.29 is 5.11 Å². The summed E-state index contributed by atoms with van der Waals surface area (Å²) < 4.78 is 0. The maximum Gasteiger partial charge on any atom is 0.120 e. The lowest BCUT2D eigenvalue weighted by atomic mass is 9.94. The number of phenolic OH excluding ortho intramolecular Hbond substituents is 1. The Morgan fingerprint density at radius 3 is 2.55 bits per heavy atom. The Kier molecular flexibility index (Phi) is 4.54. The molecule has 2 aromatic rings. The molecule has 22 heavy (non-hydrogen) atoms. The van der Waals surface area contributed by atoms with Gasteiger partial charge in [0, 0.05) is 23.7 Å². The number of aliphatic imine (C=N–C) groups is 1. The van der Waals surface area contributed by atoms with Crippen molar-refractivity contribution in [1.29, 1.82) is 0 Å². The highest BCUT2D eigenvalue weighted by Crippen LogP contribution is 2.31. The molecule has 0 amide bonds. The third kappa shape index (κ3) is 3.20. The molecule has 114 valence electrons. The zero-order valence-electron chi connectivity index (χ0n) is 12.9. The summed E-state index contributed by atoms with van der Waals surface area (Å²) in [4.78, 5) is 4.87. The van der Waals surface area contributed by atoms with Gasteiger partial charge in [0.25, 0.3) is 0 Å². The van der Waals surface area contributed by atoms with E-state index in [9.17, 15) is 5.11 Å². The minimum atomic E-state index is 0.102. The highest BCUT2D eigenvalue weighted by Gasteiger charge is 2.25. The molecule has 0 fully saturated rings. The molecule has 0 saturated heterocycles. The van der Waals surface area contributed by atoms with E-state index in [0.717, 1.165) is 30.5 Å². The SMILES string of the molecule is CCC[C@@H]1N=C(c2ccccc2)C[C@H](c2ccccc2O)N1. The van der Waals surface area contributed by atoms with Crippen LogP contribution in [0.4, 0.5) is 0 Å². The molecule has 3 heteroatoms. The average Bonchev–Trinajstić information content (AvgIpc) is 2.56. The lowest BCUT2D eigenvalue weighted by Crippen LogP contribution is -2.38. The van der Waals surface area contributed by atoms with E-state index in [0.29, 0.717) is 5.75 Å². The number of hydrogen-bond acceptors (Lipinski definition) is 3. The smallest absolute Gasteiger partial charge is 0.120 e. The van der Waals surface area contributed by atoms with E-state index in [1.165, 1.54) is 5.56 Å². The second-order valence-electron chi connectivity index (χ2n) is 5.73. The Bertz CT molecular complexity index is 651. The first kappa shape index (κ1) is 14.8. The van der Waals surface area contributed by atoms with Crippen molar-refractivity contribution in [2.24, 2.45) is 4.99 Å². The van der Waals surface area contributed by atoms with E-state index in [1.54, 1.807) is 6.07 Å². The van der Waals surface area contributed by atoms with Crippen LogP contribution in [0.3, 0.4) is 0 Å². The molecule has 2 N–H and O–H groups in total. The summed E-state index contributed by atoms with van der Waals surface area (Å²) in [5, 5.41) is 13.7. The van der Waals surface area contributed by atoms with Gasteiger partial charge >= 0.3 is 0 Å². The van der Waals surface area contributed by atoms with Crippen molar-refractivity contribution in [3.05, 3.63) is 65.7 Å². The predicted octanol–water partition coefficient (Wildman–Crippen LogP) is 4.04. The van der Waals surface area contributed by atoms with Gasteiger partial charge in [0.15, 0.2) is 0 Å². The molecule has 0 saturated carbocycles. The van der Waals surface area contributed by atoms with Gasteiger partial charge in [-0.1, -0.05) is 61.9 Å². The summed E-state index contributed by atoms with van der Waals surface area (Å²) in [7, 11) is 0. The Morgan fingerprint density at radius 2 is 1.82 bits per heavy atom. The Morgan fingerprint density at radius 1 is 1.09 bits per heavy atom. The zero-order valence-corrected chi connectivity index (χ0v) is 12.9. The average molecular weight is 294 g/mol. The minimum absolute atomic E-state index is 0.102. The predicted molar refractivity (Wildman–Crippen MR) is 90.3 cm³/mol. The third-order valence-corrected chi connectivity index (χ3v) is 4.08. The number of benzene rings is 2. The number of nitrogens with zero attached hydrogens (tertiary/aromatic N) is 1. The van der Waals surface area contributed by atoms with Crippen LogP contribution in [0.5, 0.6) is 5.75 Å². The summed E-state index contributed by atoms with van der Waals surface area (Å²) >= 11 is 0. The van der Waals surface area contributed by atoms with E-state index >= 15 is 0 Å². The number of para-hydroxylation sites is 1. The van der Waals surface area contributed by atoms with Gasteiger partial charge in [0.1, 0.15) is 11.9 Å².